The molecule has 1 aliphatic rings. The van der Waals surface area contributed by atoms with Crippen molar-refractivity contribution in [2.24, 2.45) is 0 Å². The number of imidazole rings is 1. The second kappa shape index (κ2) is 5.94. The Bertz CT molecular complexity index is 576. The first-order chi connectivity index (χ1) is 9.31. The summed E-state index contributed by atoms with van der Waals surface area (Å²) in [6.45, 7) is 0. The topological polar surface area (TPSA) is 17.8 Å². The van der Waals surface area contributed by atoms with Gasteiger partial charge >= 0.3 is 0 Å². The average Bonchev–Trinajstić information content (AvgIpc) is 2.80. The van der Waals surface area contributed by atoms with E-state index in [9.17, 15) is 0 Å². The zero-order valence-corrected chi connectivity index (χ0v) is 12.9. The van der Waals surface area contributed by atoms with Gasteiger partial charge in [-0.25, -0.2) is 4.98 Å². The SMILES string of the molecule is ClCCc1nc2c(Cl)cccc2n1C1CCSCC1. The molecule has 5 heteroatoms. The number of hydrogen-bond acceptors (Lipinski definition) is 2. The predicted octanol–water partition coefficient (Wildman–Crippen LogP) is 4.54. The van der Waals surface area contributed by atoms with Gasteiger partial charge < -0.3 is 4.57 Å². The van der Waals surface area contributed by atoms with Gasteiger partial charge in [0.2, 0.25) is 0 Å². The van der Waals surface area contributed by atoms with Crippen molar-refractivity contribution in [1.82, 2.24) is 9.55 Å². The Morgan fingerprint density at radius 3 is 2.84 bits per heavy atom. The van der Waals surface area contributed by atoms with Crippen LogP contribution in [0.25, 0.3) is 11.0 Å². The van der Waals surface area contributed by atoms with Gasteiger partial charge in [0.15, 0.2) is 0 Å². The fourth-order valence-corrected chi connectivity index (χ4v) is 4.21. The number of nitrogens with zero attached hydrogens (tertiary/aromatic N) is 2. The second-order valence-electron chi connectivity index (χ2n) is 4.79. The molecule has 0 aliphatic carbocycles. The number of alkyl halides is 1. The molecule has 2 heterocycles. The molecule has 19 heavy (non-hydrogen) atoms. The standard InChI is InChI=1S/C14H16Cl2N2S/c15-7-4-13-17-14-11(16)2-1-3-12(14)18(13)10-5-8-19-9-6-10/h1-3,10H,4-9H2. The predicted molar refractivity (Wildman–Crippen MR) is 84.8 cm³/mol. The smallest absolute Gasteiger partial charge is 0.111 e. The van der Waals surface area contributed by atoms with Crippen LogP contribution in [0.4, 0.5) is 0 Å². The van der Waals surface area contributed by atoms with Gasteiger partial charge in [0, 0.05) is 18.3 Å². The van der Waals surface area contributed by atoms with Crippen LogP contribution in [-0.2, 0) is 6.42 Å². The van der Waals surface area contributed by atoms with Gasteiger partial charge in [-0.1, -0.05) is 17.7 Å². The van der Waals surface area contributed by atoms with Crippen molar-refractivity contribution >= 4 is 46.0 Å². The van der Waals surface area contributed by atoms with Crippen molar-refractivity contribution in [3.63, 3.8) is 0 Å². The highest BCUT2D eigenvalue weighted by molar-refractivity contribution is 7.99. The molecule has 1 saturated heterocycles. The van der Waals surface area contributed by atoms with Crippen LogP contribution >= 0.6 is 35.0 Å². The number of thioether (sulfide) groups is 1. The number of aryl methyl sites for hydroxylation is 1. The third kappa shape index (κ3) is 2.61. The summed E-state index contributed by atoms with van der Waals surface area (Å²) in [6, 6.07) is 6.57. The van der Waals surface area contributed by atoms with Gasteiger partial charge in [-0.3, -0.25) is 0 Å². The van der Waals surface area contributed by atoms with Crippen LogP contribution < -0.4 is 0 Å². The van der Waals surface area contributed by atoms with Crippen LogP contribution in [0.3, 0.4) is 0 Å². The van der Waals surface area contributed by atoms with Crippen molar-refractivity contribution in [3.05, 3.63) is 29.0 Å². The van der Waals surface area contributed by atoms with Gasteiger partial charge in [-0.15, -0.1) is 11.6 Å². The molecule has 0 amide bonds. The van der Waals surface area contributed by atoms with Crippen LogP contribution in [0.15, 0.2) is 18.2 Å². The summed E-state index contributed by atoms with van der Waals surface area (Å²) in [6.07, 6.45) is 3.21. The largest absolute Gasteiger partial charge is 0.325 e. The lowest BCUT2D eigenvalue weighted by atomic mass is 10.1. The summed E-state index contributed by atoms with van der Waals surface area (Å²) in [5.41, 5.74) is 2.08. The number of benzene rings is 1. The number of fused-ring (bicyclic) bond motifs is 1. The van der Waals surface area contributed by atoms with Gasteiger partial charge in [-0.2, -0.15) is 11.8 Å². The maximum Gasteiger partial charge on any atom is 0.111 e. The first-order valence-corrected chi connectivity index (χ1v) is 8.67. The molecule has 0 radical (unpaired) electrons. The second-order valence-corrected chi connectivity index (χ2v) is 6.80. The maximum atomic E-state index is 6.27. The Kier molecular flexibility index (Phi) is 4.25. The Morgan fingerprint density at radius 2 is 2.11 bits per heavy atom. The molecule has 1 aromatic heterocycles. The van der Waals surface area contributed by atoms with Gasteiger partial charge in [0.25, 0.3) is 0 Å². The number of halogens is 2. The van der Waals surface area contributed by atoms with Crippen LogP contribution in [0, 0.1) is 0 Å². The Morgan fingerprint density at radius 1 is 1.32 bits per heavy atom. The molecule has 102 valence electrons. The van der Waals surface area contributed by atoms with Crippen molar-refractivity contribution in [2.45, 2.75) is 25.3 Å². The van der Waals surface area contributed by atoms with E-state index in [2.05, 4.69) is 10.6 Å². The number of aromatic nitrogens is 2. The van der Waals surface area contributed by atoms with Crippen molar-refractivity contribution in [1.29, 1.82) is 0 Å². The lowest BCUT2D eigenvalue weighted by molar-refractivity contribution is 0.466. The van der Waals surface area contributed by atoms with E-state index in [0.29, 0.717) is 11.9 Å². The molecule has 0 spiro atoms. The molecule has 0 N–H and O–H groups in total. The third-order valence-corrected chi connectivity index (χ3v) is 5.16. The van der Waals surface area contributed by atoms with Gasteiger partial charge in [0.05, 0.1) is 10.5 Å². The molecule has 1 fully saturated rings. The van der Waals surface area contributed by atoms with Crippen molar-refractivity contribution in [3.8, 4) is 0 Å². The molecular formula is C14H16Cl2N2S. The minimum Gasteiger partial charge on any atom is -0.325 e. The Labute approximate surface area is 127 Å². The third-order valence-electron chi connectivity index (χ3n) is 3.62. The van der Waals surface area contributed by atoms with Crippen molar-refractivity contribution in [2.75, 3.05) is 17.4 Å². The summed E-state index contributed by atoms with van der Waals surface area (Å²) >= 11 is 14.2. The molecule has 1 aliphatic heterocycles. The monoisotopic (exact) mass is 314 g/mol. The lowest BCUT2D eigenvalue weighted by Gasteiger charge is -2.25. The van der Waals surface area contributed by atoms with Crippen LogP contribution in [0.5, 0.6) is 0 Å². The summed E-state index contributed by atoms with van der Waals surface area (Å²) in [5.74, 6) is 4.13. The molecule has 3 rings (SSSR count). The van der Waals surface area contributed by atoms with E-state index >= 15 is 0 Å². The fraction of sp³-hybridized carbons (Fsp3) is 0.500. The lowest BCUT2D eigenvalue weighted by Crippen LogP contribution is -2.17. The van der Waals surface area contributed by atoms with Gasteiger partial charge in [0.1, 0.15) is 11.3 Å². The molecule has 0 saturated carbocycles. The number of rotatable bonds is 3. The van der Waals surface area contributed by atoms with Crippen LogP contribution in [-0.4, -0.2) is 26.9 Å². The van der Waals surface area contributed by atoms with Crippen LogP contribution in [0.1, 0.15) is 24.7 Å². The van der Waals surface area contributed by atoms with Crippen LogP contribution in [0.2, 0.25) is 5.02 Å². The average molecular weight is 315 g/mol. The summed E-state index contributed by atoms with van der Waals surface area (Å²) < 4.78 is 2.38. The molecule has 0 unspecified atom stereocenters. The minimum absolute atomic E-state index is 0.544. The van der Waals surface area contributed by atoms with Crippen molar-refractivity contribution < 1.29 is 0 Å². The summed E-state index contributed by atoms with van der Waals surface area (Å²) in [7, 11) is 0. The number of para-hydroxylation sites is 1. The first-order valence-electron chi connectivity index (χ1n) is 6.60. The molecule has 2 nitrogen and oxygen atoms in total. The zero-order chi connectivity index (χ0) is 13.2. The highest BCUT2D eigenvalue weighted by atomic mass is 35.5. The molecule has 0 atom stereocenters. The number of hydrogen-bond donors (Lipinski definition) is 0. The molecule has 2 aromatic rings. The summed E-state index contributed by atoms with van der Waals surface area (Å²) in [5, 5.41) is 0.734. The minimum atomic E-state index is 0.544. The van der Waals surface area contributed by atoms with E-state index in [1.807, 2.05) is 23.9 Å². The first kappa shape index (κ1) is 13.6. The van der Waals surface area contributed by atoms with E-state index in [1.54, 1.807) is 0 Å². The molecular weight excluding hydrogens is 299 g/mol. The van der Waals surface area contributed by atoms with E-state index in [0.717, 1.165) is 28.3 Å². The zero-order valence-electron chi connectivity index (χ0n) is 10.6. The van der Waals surface area contributed by atoms with E-state index < -0.39 is 0 Å². The van der Waals surface area contributed by atoms with E-state index in [1.165, 1.54) is 24.3 Å². The quantitative estimate of drug-likeness (QED) is 0.774. The fourth-order valence-electron chi connectivity index (χ4n) is 2.74. The molecule has 1 aromatic carbocycles. The normalized spacial score (nSPS) is 17.2. The maximum absolute atomic E-state index is 6.27. The van der Waals surface area contributed by atoms with Gasteiger partial charge in [-0.05, 0) is 36.5 Å². The Hall–Kier alpha value is -0.380. The highest BCUT2D eigenvalue weighted by Crippen LogP contribution is 2.33. The van der Waals surface area contributed by atoms with E-state index in [4.69, 9.17) is 28.2 Å². The summed E-state index contributed by atoms with van der Waals surface area (Å²) in [4.78, 5) is 4.72. The molecule has 0 bridgehead atoms. The van der Waals surface area contributed by atoms with E-state index in [-0.39, 0.29) is 0 Å². The Balaban J connectivity index is 2.13. The highest BCUT2D eigenvalue weighted by Gasteiger charge is 2.21.